The van der Waals surface area contributed by atoms with Crippen LogP contribution in [0.3, 0.4) is 0 Å². The van der Waals surface area contributed by atoms with E-state index < -0.39 is 0 Å². The summed E-state index contributed by atoms with van der Waals surface area (Å²) in [6.07, 6.45) is 4.70. The molecule has 2 heterocycles. The normalized spacial score (nSPS) is 10.9. The molecule has 0 bridgehead atoms. The van der Waals surface area contributed by atoms with E-state index in [1.807, 2.05) is 40.9 Å². The van der Waals surface area contributed by atoms with Crippen molar-refractivity contribution in [1.29, 1.82) is 0 Å². The van der Waals surface area contributed by atoms with E-state index in [1.165, 1.54) is 11.1 Å². The number of nitrogens with zero attached hydrogens (tertiary/aromatic N) is 3. The van der Waals surface area contributed by atoms with Crippen molar-refractivity contribution in [2.75, 3.05) is 12.4 Å². The Balaban J connectivity index is 1.89. The number of methoxy groups -OCH3 is 1. The number of fused-ring (bicyclic) bond motifs is 1. The topological polar surface area (TPSA) is 51.5 Å². The summed E-state index contributed by atoms with van der Waals surface area (Å²) in [5.41, 5.74) is 5.47. The first-order valence-electron chi connectivity index (χ1n) is 9.04. The molecule has 2 aromatic carbocycles. The third-order valence-electron chi connectivity index (χ3n) is 4.75. The number of benzene rings is 2. The van der Waals surface area contributed by atoms with Gasteiger partial charge in [0.15, 0.2) is 0 Å². The van der Waals surface area contributed by atoms with Crippen molar-refractivity contribution >= 4 is 17.3 Å². The quantitative estimate of drug-likeness (QED) is 0.544. The zero-order valence-corrected chi connectivity index (χ0v) is 15.7. The second-order valence-electron chi connectivity index (χ2n) is 6.41. The largest absolute Gasteiger partial charge is 0.497 e. The third-order valence-corrected chi connectivity index (χ3v) is 4.75. The number of anilines is 2. The number of para-hydroxylation sites is 1. The van der Waals surface area contributed by atoms with Gasteiger partial charge in [0.2, 0.25) is 5.78 Å². The van der Waals surface area contributed by atoms with Gasteiger partial charge in [-0.3, -0.25) is 4.40 Å². The summed E-state index contributed by atoms with van der Waals surface area (Å²) in [7, 11) is 1.67. The molecule has 0 radical (unpaired) electrons. The first-order valence-corrected chi connectivity index (χ1v) is 9.04. The highest BCUT2D eigenvalue weighted by Crippen LogP contribution is 2.33. The molecule has 0 unspecified atom stereocenters. The molecule has 4 aromatic rings. The van der Waals surface area contributed by atoms with Gasteiger partial charge in [-0.1, -0.05) is 25.1 Å². The van der Waals surface area contributed by atoms with Crippen molar-refractivity contribution in [1.82, 2.24) is 14.4 Å². The van der Waals surface area contributed by atoms with Crippen LogP contribution in [-0.2, 0) is 6.42 Å². The van der Waals surface area contributed by atoms with Gasteiger partial charge in [-0.25, -0.2) is 9.97 Å². The van der Waals surface area contributed by atoms with Crippen molar-refractivity contribution in [3.8, 4) is 17.0 Å². The van der Waals surface area contributed by atoms with Gasteiger partial charge in [-0.05, 0) is 54.8 Å². The molecule has 0 amide bonds. The van der Waals surface area contributed by atoms with Crippen LogP contribution in [0.2, 0.25) is 0 Å². The highest BCUT2D eigenvalue weighted by molar-refractivity contribution is 5.80. The van der Waals surface area contributed by atoms with Gasteiger partial charge in [0.25, 0.3) is 0 Å². The number of imidazole rings is 1. The molecule has 5 nitrogen and oxygen atoms in total. The summed E-state index contributed by atoms with van der Waals surface area (Å²) in [5, 5.41) is 3.64. The lowest BCUT2D eigenvalue weighted by atomic mass is 10.1. The molecule has 0 spiro atoms. The monoisotopic (exact) mass is 358 g/mol. The van der Waals surface area contributed by atoms with Gasteiger partial charge in [-0.15, -0.1) is 0 Å². The van der Waals surface area contributed by atoms with Crippen molar-refractivity contribution in [3.63, 3.8) is 0 Å². The maximum Gasteiger partial charge on any atom is 0.235 e. The van der Waals surface area contributed by atoms with Crippen LogP contribution in [0.4, 0.5) is 11.5 Å². The van der Waals surface area contributed by atoms with Crippen LogP contribution < -0.4 is 10.1 Å². The molecule has 2 aromatic heterocycles. The molecule has 0 aliphatic rings. The Morgan fingerprint density at radius 3 is 2.63 bits per heavy atom. The summed E-state index contributed by atoms with van der Waals surface area (Å²) >= 11 is 0. The molecular weight excluding hydrogens is 336 g/mol. The van der Waals surface area contributed by atoms with E-state index in [-0.39, 0.29) is 0 Å². The van der Waals surface area contributed by atoms with Crippen molar-refractivity contribution < 1.29 is 4.74 Å². The van der Waals surface area contributed by atoms with Gasteiger partial charge in [0, 0.05) is 23.6 Å². The number of hydrogen-bond acceptors (Lipinski definition) is 4. The zero-order valence-electron chi connectivity index (χ0n) is 15.7. The van der Waals surface area contributed by atoms with E-state index in [1.54, 1.807) is 13.3 Å². The number of nitrogens with one attached hydrogen (secondary N) is 1. The van der Waals surface area contributed by atoms with Gasteiger partial charge in [0.05, 0.1) is 7.11 Å². The molecule has 0 atom stereocenters. The van der Waals surface area contributed by atoms with Crippen LogP contribution >= 0.6 is 0 Å². The second kappa shape index (κ2) is 7.11. The van der Waals surface area contributed by atoms with Crippen LogP contribution in [0.15, 0.2) is 60.9 Å². The van der Waals surface area contributed by atoms with Gasteiger partial charge in [0.1, 0.15) is 17.3 Å². The fourth-order valence-electron chi connectivity index (χ4n) is 3.28. The van der Waals surface area contributed by atoms with Crippen LogP contribution in [0.1, 0.15) is 18.1 Å². The Hall–Kier alpha value is -3.34. The predicted molar refractivity (Wildman–Crippen MR) is 109 cm³/mol. The van der Waals surface area contributed by atoms with E-state index in [9.17, 15) is 0 Å². The maximum atomic E-state index is 5.28. The molecule has 1 N–H and O–H groups in total. The standard InChI is InChI=1S/C22H22N4O/c1-4-16-8-5-7-15(2)19(16)24-21-20(17-9-11-18(27-3)12-10-17)25-22-23-13-6-14-26(21)22/h5-14,24H,4H2,1-3H3. The second-order valence-corrected chi connectivity index (χ2v) is 6.41. The number of aryl methyl sites for hydroxylation is 2. The molecule has 0 aliphatic heterocycles. The zero-order chi connectivity index (χ0) is 18.8. The smallest absolute Gasteiger partial charge is 0.235 e. The lowest BCUT2D eigenvalue weighted by molar-refractivity contribution is 0.415. The lowest BCUT2D eigenvalue weighted by Crippen LogP contribution is -2.02. The summed E-state index contributed by atoms with van der Waals surface area (Å²) in [6.45, 7) is 4.29. The Labute approximate surface area is 158 Å². The number of hydrogen-bond donors (Lipinski definition) is 1. The minimum atomic E-state index is 0.664. The van der Waals surface area contributed by atoms with Gasteiger partial charge >= 0.3 is 0 Å². The van der Waals surface area contributed by atoms with Crippen molar-refractivity contribution in [2.45, 2.75) is 20.3 Å². The van der Waals surface area contributed by atoms with Gasteiger partial charge in [-0.2, -0.15) is 0 Å². The van der Waals surface area contributed by atoms with Crippen LogP contribution in [0.5, 0.6) is 5.75 Å². The highest BCUT2D eigenvalue weighted by Gasteiger charge is 2.17. The minimum Gasteiger partial charge on any atom is -0.497 e. The Kier molecular flexibility index (Phi) is 4.50. The highest BCUT2D eigenvalue weighted by atomic mass is 16.5. The van der Waals surface area contributed by atoms with Crippen LogP contribution in [0, 0.1) is 6.92 Å². The first kappa shape index (κ1) is 17.1. The first-order chi connectivity index (χ1) is 13.2. The Morgan fingerprint density at radius 2 is 1.89 bits per heavy atom. The average molecular weight is 358 g/mol. The predicted octanol–water partition coefficient (Wildman–Crippen LogP) is 5.02. The fraction of sp³-hybridized carbons (Fsp3) is 0.182. The molecule has 0 saturated heterocycles. The van der Waals surface area contributed by atoms with Crippen molar-refractivity contribution in [3.05, 3.63) is 72.1 Å². The summed E-state index contributed by atoms with van der Waals surface area (Å²) in [6, 6.07) is 16.2. The van der Waals surface area contributed by atoms with Gasteiger partial charge < -0.3 is 10.1 Å². The van der Waals surface area contributed by atoms with E-state index >= 15 is 0 Å². The van der Waals surface area contributed by atoms with Crippen LogP contribution in [-0.4, -0.2) is 21.5 Å². The molecule has 4 rings (SSSR count). The lowest BCUT2D eigenvalue weighted by Gasteiger charge is -2.15. The van der Waals surface area contributed by atoms with E-state index in [2.05, 4.69) is 42.3 Å². The van der Waals surface area contributed by atoms with Crippen LogP contribution in [0.25, 0.3) is 17.0 Å². The van der Waals surface area contributed by atoms with E-state index in [0.29, 0.717) is 5.78 Å². The molecular formula is C22H22N4O. The minimum absolute atomic E-state index is 0.664. The number of aromatic nitrogens is 3. The van der Waals surface area contributed by atoms with Crippen molar-refractivity contribution in [2.24, 2.45) is 0 Å². The molecule has 27 heavy (non-hydrogen) atoms. The molecule has 5 heteroatoms. The third kappa shape index (κ3) is 3.12. The maximum absolute atomic E-state index is 5.28. The Bertz CT molecular complexity index is 1080. The SMILES string of the molecule is CCc1cccc(C)c1Nc1c(-c2ccc(OC)cc2)nc2ncccn12. The Morgan fingerprint density at radius 1 is 1.07 bits per heavy atom. The molecule has 0 saturated carbocycles. The number of rotatable bonds is 5. The number of ether oxygens (including phenoxy) is 1. The van der Waals surface area contributed by atoms with E-state index in [4.69, 9.17) is 9.72 Å². The summed E-state index contributed by atoms with van der Waals surface area (Å²) in [4.78, 5) is 9.18. The fourth-order valence-corrected chi connectivity index (χ4v) is 3.28. The molecule has 136 valence electrons. The molecule has 0 aliphatic carbocycles. The average Bonchev–Trinajstić information content (AvgIpc) is 3.08. The summed E-state index contributed by atoms with van der Waals surface area (Å²) in [5.74, 6) is 2.40. The molecule has 0 fully saturated rings. The summed E-state index contributed by atoms with van der Waals surface area (Å²) < 4.78 is 7.27. The van der Waals surface area contributed by atoms with E-state index in [0.717, 1.165) is 34.9 Å².